The Morgan fingerprint density at radius 1 is 1.29 bits per heavy atom. The Kier molecular flexibility index (Phi) is 4.51. The summed E-state index contributed by atoms with van der Waals surface area (Å²) in [5.74, 6) is -4.38. The van der Waals surface area contributed by atoms with Gasteiger partial charge in [-0.05, 0) is 14.0 Å². The monoisotopic (exact) mass is 246 g/mol. The third kappa shape index (κ3) is 3.45. The van der Waals surface area contributed by atoms with Crippen LogP contribution in [0.5, 0.6) is 0 Å². The second-order valence-corrected chi connectivity index (χ2v) is 3.64. The maximum absolute atomic E-state index is 13.2. The second kappa shape index (κ2) is 5.67. The molecule has 17 heavy (non-hydrogen) atoms. The summed E-state index contributed by atoms with van der Waals surface area (Å²) in [6, 6.07) is 0.907. The third-order valence-electron chi connectivity index (χ3n) is 2.30. The normalized spacial score (nSPS) is 12.3. The van der Waals surface area contributed by atoms with Gasteiger partial charge in [-0.1, -0.05) is 0 Å². The van der Waals surface area contributed by atoms with Gasteiger partial charge in [-0.2, -0.15) is 0 Å². The van der Waals surface area contributed by atoms with Crippen LogP contribution in [0, 0.1) is 17.5 Å². The van der Waals surface area contributed by atoms with E-state index in [1.54, 1.807) is 14.0 Å². The predicted octanol–water partition coefficient (Wildman–Crippen LogP) is 1.44. The maximum Gasteiger partial charge on any atom is 0.257 e. The summed E-state index contributed by atoms with van der Waals surface area (Å²) in [5.41, 5.74) is -0.769. The molecule has 0 saturated carbocycles. The zero-order valence-electron chi connectivity index (χ0n) is 9.48. The van der Waals surface area contributed by atoms with E-state index in [-0.39, 0.29) is 12.6 Å². The minimum absolute atomic E-state index is 0.0366. The van der Waals surface area contributed by atoms with Gasteiger partial charge in [0.05, 0.1) is 0 Å². The van der Waals surface area contributed by atoms with Crippen molar-refractivity contribution >= 4 is 5.91 Å². The van der Waals surface area contributed by atoms with E-state index in [9.17, 15) is 18.0 Å². The van der Waals surface area contributed by atoms with Gasteiger partial charge in [0, 0.05) is 24.7 Å². The average Bonchev–Trinajstić information content (AvgIpc) is 2.24. The van der Waals surface area contributed by atoms with Gasteiger partial charge in [-0.15, -0.1) is 0 Å². The van der Waals surface area contributed by atoms with Crippen molar-refractivity contribution in [1.82, 2.24) is 10.6 Å². The van der Waals surface area contributed by atoms with Crippen molar-refractivity contribution in [2.24, 2.45) is 0 Å². The Morgan fingerprint density at radius 3 is 2.29 bits per heavy atom. The second-order valence-electron chi connectivity index (χ2n) is 3.64. The van der Waals surface area contributed by atoms with Crippen molar-refractivity contribution < 1.29 is 18.0 Å². The molecule has 1 aromatic rings. The number of likely N-dealkylation sites (N-methyl/N-ethyl adjacent to an activating group) is 1. The minimum Gasteiger partial charge on any atom is -0.350 e. The van der Waals surface area contributed by atoms with Crippen molar-refractivity contribution in [3.05, 3.63) is 35.1 Å². The highest BCUT2D eigenvalue weighted by Crippen LogP contribution is 2.14. The molecule has 1 aromatic carbocycles. The summed E-state index contributed by atoms with van der Waals surface area (Å²) in [5, 5.41) is 5.19. The molecule has 1 amide bonds. The van der Waals surface area contributed by atoms with Gasteiger partial charge in [-0.25, -0.2) is 13.2 Å². The molecule has 0 fully saturated rings. The van der Waals surface area contributed by atoms with Crippen molar-refractivity contribution in [3.63, 3.8) is 0 Å². The molecule has 0 aliphatic heterocycles. The van der Waals surface area contributed by atoms with Crippen LogP contribution in [0.2, 0.25) is 0 Å². The number of halogens is 3. The number of carbonyl (C=O) groups excluding carboxylic acids is 1. The standard InChI is InChI=1S/C11H13F3N2O/c1-6(15-2)5-16-11(17)10-8(13)3-7(12)4-9(10)14/h3-4,6,15H,5H2,1-2H3,(H,16,17). The van der Waals surface area contributed by atoms with Gasteiger partial charge in [0.15, 0.2) is 0 Å². The van der Waals surface area contributed by atoms with Gasteiger partial charge in [0.1, 0.15) is 23.0 Å². The molecule has 1 unspecified atom stereocenters. The molecule has 6 heteroatoms. The Labute approximate surface area is 97.0 Å². The van der Waals surface area contributed by atoms with Crippen LogP contribution in [0.4, 0.5) is 13.2 Å². The first-order chi connectivity index (χ1) is 7.95. The van der Waals surface area contributed by atoms with Crippen molar-refractivity contribution in [3.8, 4) is 0 Å². The quantitative estimate of drug-likeness (QED) is 0.844. The number of hydrogen-bond acceptors (Lipinski definition) is 2. The fourth-order valence-corrected chi connectivity index (χ4v) is 1.20. The first-order valence-electron chi connectivity index (χ1n) is 5.05. The topological polar surface area (TPSA) is 41.1 Å². The number of benzene rings is 1. The Balaban J connectivity index is 2.82. The van der Waals surface area contributed by atoms with Crippen molar-refractivity contribution in [2.45, 2.75) is 13.0 Å². The largest absolute Gasteiger partial charge is 0.350 e. The number of hydrogen-bond donors (Lipinski definition) is 2. The molecule has 0 spiro atoms. The highest BCUT2D eigenvalue weighted by molar-refractivity contribution is 5.94. The number of nitrogens with one attached hydrogen (secondary N) is 2. The van der Waals surface area contributed by atoms with Crippen LogP contribution in [0.25, 0.3) is 0 Å². The van der Waals surface area contributed by atoms with E-state index in [0.717, 1.165) is 0 Å². The average molecular weight is 246 g/mol. The molecule has 1 rings (SSSR count). The lowest BCUT2D eigenvalue weighted by molar-refractivity contribution is 0.0942. The summed E-state index contributed by atoms with van der Waals surface area (Å²) < 4.78 is 39.0. The van der Waals surface area contributed by atoms with Gasteiger partial charge < -0.3 is 10.6 Å². The summed E-state index contributed by atoms with van der Waals surface area (Å²) in [6.45, 7) is 2.00. The molecule has 0 aliphatic carbocycles. The smallest absolute Gasteiger partial charge is 0.257 e. The molecule has 2 N–H and O–H groups in total. The Hall–Kier alpha value is -1.56. The van der Waals surface area contributed by atoms with Crippen molar-refractivity contribution in [1.29, 1.82) is 0 Å². The van der Waals surface area contributed by atoms with E-state index < -0.39 is 28.9 Å². The molecule has 0 aliphatic rings. The first-order valence-corrected chi connectivity index (χ1v) is 5.05. The lowest BCUT2D eigenvalue weighted by Crippen LogP contribution is -2.37. The van der Waals surface area contributed by atoms with Crippen LogP contribution in [-0.2, 0) is 0 Å². The molecule has 0 aromatic heterocycles. The van der Waals surface area contributed by atoms with E-state index in [1.165, 1.54) is 0 Å². The third-order valence-corrected chi connectivity index (χ3v) is 2.30. The first kappa shape index (κ1) is 13.5. The van der Waals surface area contributed by atoms with E-state index in [0.29, 0.717) is 12.1 Å². The molecule has 94 valence electrons. The van der Waals surface area contributed by atoms with E-state index in [2.05, 4.69) is 10.6 Å². The molecule has 0 saturated heterocycles. The van der Waals surface area contributed by atoms with Crippen LogP contribution in [-0.4, -0.2) is 25.5 Å². The molecule has 0 heterocycles. The van der Waals surface area contributed by atoms with Gasteiger partial charge in [-0.3, -0.25) is 4.79 Å². The fraction of sp³-hybridized carbons (Fsp3) is 0.364. The molecule has 1 atom stereocenters. The highest BCUT2D eigenvalue weighted by atomic mass is 19.1. The van der Waals surface area contributed by atoms with Gasteiger partial charge >= 0.3 is 0 Å². The van der Waals surface area contributed by atoms with Crippen LogP contribution < -0.4 is 10.6 Å². The van der Waals surface area contributed by atoms with E-state index >= 15 is 0 Å². The molecular formula is C11H13F3N2O. The summed E-state index contributed by atoms with van der Waals surface area (Å²) in [4.78, 5) is 11.5. The Bertz CT molecular complexity index is 400. The van der Waals surface area contributed by atoms with Crippen molar-refractivity contribution in [2.75, 3.05) is 13.6 Å². The molecule has 3 nitrogen and oxygen atoms in total. The zero-order chi connectivity index (χ0) is 13.0. The van der Waals surface area contributed by atoms with Crippen LogP contribution >= 0.6 is 0 Å². The maximum atomic E-state index is 13.2. The van der Waals surface area contributed by atoms with Gasteiger partial charge in [0.2, 0.25) is 0 Å². The lowest BCUT2D eigenvalue weighted by atomic mass is 10.1. The minimum atomic E-state index is -1.21. The van der Waals surface area contributed by atoms with E-state index in [1.807, 2.05) is 0 Å². The SMILES string of the molecule is CNC(C)CNC(=O)c1c(F)cc(F)cc1F. The number of carbonyl (C=O) groups is 1. The summed E-state index contributed by atoms with van der Waals surface area (Å²) in [6.07, 6.45) is 0. The highest BCUT2D eigenvalue weighted by Gasteiger charge is 2.18. The molecular weight excluding hydrogens is 233 g/mol. The predicted molar refractivity (Wildman–Crippen MR) is 57.2 cm³/mol. The van der Waals surface area contributed by atoms with Crippen LogP contribution in [0.1, 0.15) is 17.3 Å². The van der Waals surface area contributed by atoms with Crippen LogP contribution in [0.15, 0.2) is 12.1 Å². The lowest BCUT2D eigenvalue weighted by Gasteiger charge is -2.12. The molecule has 0 radical (unpaired) electrons. The number of rotatable bonds is 4. The zero-order valence-corrected chi connectivity index (χ0v) is 9.48. The summed E-state index contributed by atoms with van der Waals surface area (Å²) >= 11 is 0. The molecule has 0 bridgehead atoms. The van der Waals surface area contributed by atoms with E-state index in [4.69, 9.17) is 0 Å². The number of amides is 1. The van der Waals surface area contributed by atoms with Crippen LogP contribution in [0.3, 0.4) is 0 Å². The summed E-state index contributed by atoms with van der Waals surface area (Å²) in [7, 11) is 1.69. The fourth-order valence-electron chi connectivity index (χ4n) is 1.20. The Morgan fingerprint density at radius 2 is 1.82 bits per heavy atom. The van der Waals surface area contributed by atoms with Gasteiger partial charge in [0.25, 0.3) is 5.91 Å².